The SMILES string of the molecule is Cl.N[C@@H](CCO)c1c(C(=O)O)ccc(Br)c1O. The maximum atomic E-state index is 10.9. The van der Waals surface area contributed by atoms with E-state index in [9.17, 15) is 9.90 Å². The van der Waals surface area contributed by atoms with Crippen molar-refractivity contribution < 1.29 is 20.1 Å². The Morgan fingerprint density at radius 2 is 2.06 bits per heavy atom. The predicted molar refractivity (Wildman–Crippen MR) is 68.6 cm³/mol. The van der Waals surface area contributed by atoms with Gasteiger partial charge in [-0.1, -0.05) is 0 Å². The van der Waals surface area contributed by atoms with Crippen LogP contribution in [0.4, 0.5) is 0 Å². The average Bonchev–Trinajstić information content (AvgIpc) is 2.21. The van der Waals surface area contributed by atoms with Crippen molar-refractivity contribution in [1.29, 1.82) is 0 Å². The third-order valence-electron chi connectivity index (χ3n) is 2.21. The molecule has 1 aromatic carbocycles. The van der Waals surface area contributed by atoms with Gasteiger partial charge in [-0.3, -0.25) is 0 Å². The van der Waals surface area contributed by atoms with Gasteiger partial charge in [0.05, 0.1) is 10.0 Å². The van der Waals surface area contributed by atoms with Crippen molar-refractivity contribution in [2.24, 2.45) is 5.73 Å². The Hall–Kier alpha value is -0.820. The molecular weight excluding hydrogens is 313 g/mol. The number of nitrogens with two attached hydrogens (primary N) is 1. The zero-order valence-corrected chi connectivity index (χ0v) is 11.2. The van der Waals surface area contributed by atoms with Crippen LogP contribution in [0, 0.1) is 0 Å². The van der Waals surface area contributed by atoms with Crippen LogP contribution in [-0.2, 0) is 0 Å². The van der Waals surface area contributed by atoms with Gasteiger partial charge in [-0.25, -0.2) is 4.79 Å². The van der Waals surface area contributed by atoms with Crippen LogP contribution >= 0.6 is 28.3 Å². The molecule has 7 heteroatoms. The number of benzene rings is 1. The van der Waals surface area contributed by atoms with Crippen LogP contribution in [0.5, 0.6) is 5.75 Å². The number of phenolic OH excluding ortho intramolecular Hbond substituents is 1. The Morgan fingerprint density at radius 3 is 2.53 bits per heavy atom. The molecule has 0 heterocycles. The summed E-state index contributed by atoms with van der Waals surface area (Å²) in [6, 6.07) is 2.08. The van der Waals surface area contributed by atoms with Crippen LogP contribution < -0.4 is 5.73 Å². The number of aromatic carboxylic acids is 1. The van der Waals surface area contributed by atoms with Crippen molar-refractivity contribution in [2.75, 3.05) is 6.61 Å². The highest BCUT2D eigenvalue weighted by atomic mass is 79.9. The topological polar surface area (TPSA) is 104 Å². The normalized spacial score (nSPS) is 11.7. The fourth-order valence-electron chi connectivity index (χ4n) is 1.43. The molecule has 5 N–H and O–H groups in total. The summed E-state index contributed by atoms with van der Waals surface area (Å²) in [5.41, 5.74) is 5.79. The average molecular weight is 327 g/mol. The van der Waals surface area contributed by atoms with E-state index >= 15 is 0 Å². The standard InChI is InChI=1S/C10H12BrNO4.ClH/c11-6-2-1-5(10(15)16)8(9(6)14)7(12)3-4-13;/h1-2,7,13-14H,3-4,12H2,(H,15,16);1H/t7-;/m0./s1. The molecule has 0 saturated heterocycles. The van der Waals surface area contributed by atoms with Crippen molar-refractivity contribution in [1.82, 2.24) is 0 Å². The third kappa shape index (κ3) is 3.57. The predicted octanol–water partition coefficient (Wildman–Crippen LogP) is 1.66. The number of carboxylic acid groups (broad SMARTS) is 1. The van der Waals surface area contributed by atoms with Gasteiger partial charge < -0.3 is 21.1 Å². The van der Waals surface area contributed by atoms with Gasteiger partial charge in [-0.15, -0.1) is 12.4 Å². The second-order valence-electron chi connectivity index (χ2n) is 3.28. The summed E-state index contributed by atoms with van der Waals surface area (Å²) >= 11 is 3.09. The summed E-state index contributed by atoms with van der Waals surface area (Å²) in [4.78, 5) is 10.9. The highest BCUT2D eigenvalue weighted by Crippen LogP contribution is 2.34. The molecule has 1 atom stereocenters. The lowest BCUT2D eigenvalue weighted by Gasteiger charge is -2.16. The first-order chi connectivity index (χ1) is 7.49. The lowest BCUT2D eigenvalue weighted by Crippen LogP contribution is -2.16. The smallest absolute Gasteiger partial charge is 0.336 e. The monoisotopic (exact) mass is 325 g/mol. The molecule has 0 saturated carbocycles. The number of halogens is 2. The van der Waals surface area contributed by atoms with E-state index in [4.69, 9.17) is 15.9 Å². The minimum Gasteiger partial charge on any atom is -0.506 e. The minimum absolute atomic E-state index is 0. The molecule has 1 rings (SSSR count). The van der Waals surface area contributed by atoms with E-state index in [1.165, 1.54) is 12.1 Å². The van der Waals surface area contributed by atoms with Crippen molar-refractivity contribution in [3.8, 4) is 5.75 Å². The largest absolute Gasteiger partial charge is 0.506 e. The lowest BCUT2D eigenvalue weighted by molar-refractivity contribution is 0.0694. The Balaban J connectivity index is 0.00000256. The molecule has 0 aliphatic rings. The zero-order valence-electron chi connectivity index (χ0n) is 8.76. The summed E-state index contributed by atoms with van der Waals surface area (Å²) in [5, 5.41) is 27.5. The van der Waals surface area contributed by atoms with Gasteiger partial charge in [-0.05, 0) is 34.5 Å². The molecule has 0 unspecified atom stereocenters. The van der Waals surface area contributed by atoms with E-state index in [2.05, 4.69) is 15.9 Å². The first-order valence-corrected chi connectivity index (χ1v) is 5.39. The molecule has 0 amide bonds. The number of aliphatic hydroxyl groups excluding tert-OH is 1. The van der Waals surface area contributed by atoms with Gasteiger partial charge in [0.15, 0.2) is 0 Å². The van der Waals surface area contributed by atoms with Gasteiger partial charge >= 0.3 is 5.97 Å². The number of carboxylic acids is 1. The maximum Gasteiger partial charge on any atom is 0.336 e. The number of phenols is 1. The number of hydrogen-bond donors (Lipinski definition) is 4. The summed E-state index contributed by atoms with van der Waals surface area (Å²) in [6.07, 6.45) is 0.185. The number of aliphatic hydroxyl groups is 1. The van der Waals surface area contributed by atoms with Gasteiger partial charge in [-0.2, -0.15) is 0 Å². The fourth-order valence-corrected chi connectivity index (χ4v) is 1.77. The van der Waals surface area contributed by atoms with E-state index in [1.807, 2.05) is 0 Å². The maximum absolute atomic E-state index is 10.9. The van der Waals surface area contributed by atoms with E-state index < -0.39 is 12.0 Å². The molecule has 0 aliphatic carbocycles. The zero-order chi connectivity index (χ0) is 12.3. The van der Waals surface area contributed by atoms with Crippen LogP contribution in [0.3, 0.4) is 0 Å². The van der Waals surface area contributed by atoms with Crippen LogP contribution in [0.15, 0.2) is 16.6 Å². The number of aromatic hydroxyl groups is 1. The molecule has 1 aromatic rings. The summed E-state index contributed by atoms with van der Waals surface area (Å²) in [7, 11) is 0. The quantitative estimate of drug-likeness (QED) is 0.673. The van der Waals surface area contributed by atoms with E-state index in [0.29, 0.717) is 4.47 Å². The van der Waals surface area contributed by atoms with Crippen LogP contribution in [0.2, 0.25) is 0 Å². The number of carbonyl (C=O) groups is 1. The molecule has 0 spiro atoms. The van der Waals surface area contributed by atoms with Crippen LogP contribution in [-0.4, -0.2) is 27.9 Å². The van der Waals surface area contributed by atoms with Crippen LogP contribution in [0.1, 0.15) is 28.4 Å². The van der Waals surface area contributed by atoms with Crippen molar-refractivity contribution in [3.05, 3.63) is 27.7 Å². The van der Waals surface area contributed by atoms with Gasteiger partial charge in [0.25, 0.3) is 0 Å². The fraction of sp³-hybridized carbons (Fsp3) is 0.300. The molecule has 96 valence electrons. The molecule has 5 nitrogen and oxygen atoms in total. The van der Waals surface area contributed by atoms with Crippen LogP contribution in [0.25, 0.3) is 0 Å². The van der Waals surface area contributed by atoms with E-state index in [-0.39, 0.29) is 42.3 Å². The first kappa shape index (κ1) is 16.2. The molecular formula is C10H13BrClNO4. The van der Waals surface area contributed by atoms with Crippen molar-refractivity contribution in [2.45, 2.75) is 12.5 Å². The summed E-state index contributed by atoms with van der Waals surface area (Å²) in [6.45, 7) is -0.174. The molecule has 0 aromatic heterocycles. The molecule has 0 radical (unpaired) electrons. The van der Waals surface area contributed by atoms with Gasteiger partial charge in [0, 0.05) is 18.2 Å². The molecule has 17 heavy (non-hydrogen) atoms. The van der Waals surface area contributed by atoms with E-state index in [0.717, 1.165) is 0 Å². The van der Waals surface area contributed by atoms with Crippen molar-refractivity contribution in [3.63, 3.8) is 0 Å². The summed E-state index contributed by atoms with van der Waals surface area (Å²) < 4.78 is 0.376. The van der Waals surface area contributed by atoms with Crippen molar-refractivity contribution >= 4 is 34.3 Å². The third-order valence-corrected chi connectivity index (χ3v) is 2.85. The Kier molecular flexibility index (Phi) is 6.48. The Bertz CT molecular complexity index is 414. The highest BCUT2D eigenvalue weighted by Gasteiger charge is 2.21. The van der Waals surface area contributed by atoms with Gasteiger partial charge in [0.2, 0.25) is 0 Å². The second-order valence-corrected chi connectivity index (χ2v) is 4.14. The first-order valence-electron chi connectivity index (χ1n) is 4.60. The minimum atomic E-state index is -1.16. The summed E-state index contributed by atoms with van der Waals surface area (Å²) in [5.74, 6) is -1.35. The molecule has 0 fully saturated rings. The number of rotatable bonds is 4. The van der Waals surface area contributed by atoms with E-state index in [1.54, 1.807) is 0 Å². The Morgan fingerprint density at radius 1 is 1.47 bits per heavy atom. The molecule has 0 aliphatic heterocycles. The molecule has 0 bridgehead atoms. The lowest BCUT2D eigenvalue weighted by atomic mass is 9.98. The highest BCUT2D eigenvalue weighted by molar-refractivity contribution is 9.10. The second kappa shape index (κ2) is 6.80. The number of hydrogen-bond acceptors (Lipinski definition) is 4. The van der Waals surface area contributed by atoms with Gasteiger partial charge in [0.1, 0.15) is 5.75 Å². The Labute approximate surface area is 113 Å².